The number of aromatic hydroxyl groups is 1. The van der Waals surface area contributed by atoms with E-state index in [1.807, 2.05) is 13.8 Å². The fourth-order valence-electron chi connectivity index (χ4n) is 5.73. The Kier molecular flexibility index (Phi) is 2.35. The Balaban J connectivity index is 1.79. The minimum atomic E-state index is 0.456. The molecule has 0 radical (unpaired) electrons. The molecule has 0 heterocycles. The summed E-state index contributed by atoms with van der Waals surface area (Å²) in [6, 6.07) is 4.55. The number of benzene rings is 1. The van der Waals surface area contributed by atoms with E-state index in [9.17, 15) is 5.11 Å². The van der Waals surface area contributed by atoms with E-state index in [2.05, 4.69) is 12.1 Å². The molecule has 4 aliphatic rings. The molecule has 4 bridgehead atoms. The monoisotopic (exact) mass is 256 g/mol. The Labute approximate surface area is 116 Å². The third-order valence-electron chi connectivity index (χ3n) is 6.14. The van der Waals surface area contributed by atoms with Crippen molar-refractivity contribution in [2.45, 2.75) is 57.8 Å². The molecule has 0 aliphatic heterocycles. The zero-order chi connectivity index (χ0) is 13.2. The van der Waals surface area contributed by atoms with Gasteiger partial charge in [0.1, 0.15) is 5.75 Å². The number of aryl methyl sites for hydroxylation is 2. The number of phenols is 1. The second-order valence-corrected chi connectivity index (χ2v) is 7.66. The quantitative estimate of drug-likeness (QED) is 0.785. The normalized spacial score (nSPS) is 39.8. The van der Waals surface area contributed by atoms with Crippen molar-refractivity contribution in [2.24, 2.45) is 17.8 Å². The number of rotatable bonds is 1. The van der Waals surface area contributed by atoms with Crippen molar-refractivity contribution in [1.29, 1.82) is 0 Å². The highest BCUT2D eigenvalue weighted by Gasteiger charge is 2.51. The van der Waals surface area contributed by atoms with Gasteiger partial charge in [0.2, 0.25) is 0 Å². The molecule has 0 spiro atoms. The molecule has 1 aromatic carbocycles. The zero-order valence-corrected chi connectivity index (χ0v) is 12.1. The maximum absolute atomic E-state index is 10.0. The van der Waals surface area contributed by atoms with Crippen LogP contribution < -0.4 is 0 Å². The molecule has 0 saturated heterocycles. The lowest BCUT2D eigenvalue weighted by molar-refractivity contribution is -0.00525. The first-order chi connectivity index (χ1) is 9.06. The van der Waals surface area contributed by atoms with Crippen LogP contribution in [-0.4, -0.2) is 5.11 Å². The summed E-state index contributed by atoms with van der Waals surface area (Å²) in [5.41, 5.74) is 4.11. The summed E-state index contributed by atoms with van der Waals surface area (Å²) in [7, 11) is 0. The summed E-state index contributed by atoms with van der Waals surface area (Å²) in [5, 5.41) is 10.0. The molecule has 0 amide bonds. The standard InChI is InChI=1S/C18H24O/c1-11-3-16(4-12(2)17(11)19)18-8-13-5-14(9-18)7-15(6-13)10-18/h3-4,13-15,19H,5-10H2,1-2H3. The van der Waals surface area contributed by atoms with Crippen LogP contribution in [0.5, 0.6) is 5.75 Å². The lowest BCUT2D eigenvalue weighted by Crippen LogP contribution is -2.48. The average Bonchev–Trinajstić information content (AvgIpc) is 2.33. The number of phenolic OH excluding ortho intramolecular Hbond substituents is 1. The third-order valence-corrected chi connectivity index (χ3v) is 6.14. The van der Waals surface area contributed by atoms with Crippen molar-refractivity contribution < 1.29 is 5.11 Å². The molecule has 1 heteroatoms. The van der Waals surface area contributed by atoms with Gasteiger partial charge in [-0.05, 0) is 92.2 Å². The van der Waals surface area contributed by atoms with Gasteiger partial charge in [0.15, 0.2) is 0 Å². The molecular formula is C18H24O. The van der Waals surface area contributed by atoms with Crippen LogP contribution in [0, 0.1) is 31.6 Å². The van der Waals surface area contributed by atoms with Crippen molar-refractivity contribution in [1.82, 2.24) is 0 Å². The predicted octanol–water partition coefficient (Wildman–Crippen LogP) is 4.48. The Hall–Kier alpha value is -0.980. The Bertz CT molecular complexity index is 470. The maximum Gasteiger partial charge on any atom is 0.121 e. The van der Waals surface area contributed by atoms with Crippen molar-refractivity contribution >= 4 is 0 Å². The molecule has 1 N–H and O–H groups in total. The van der Waals surface area contributed by atoms with E-state index in [0.717, 1.165) is 28.9 Å². The SMILES string of the molecule is Cc1cc(C23CC4CC(CC(C4)C2)C3)cc(C)c1O. The fourth-order valence-corrected chi connectivity index (χ4v) is 5.73. The Morgan fingerprint density at radius 3 is 1.74 bits per heavy atom. The smallest absolute Gasteiger partial charge is 0.121 e. The minimum absolute atomic E-state index is 0.456. The van der Waals surface area contributed by atoms with Crippen LogP contribution >= 0.6 is 0 Å². The van der Waals surface area contributed by atoms with Crippen LogP contribution in [0.15, 0.2) is 12.1 Å². The molecular weight excluding hydrogens is 232 g/mol. The van der Waals surface area contributed by atoms with E-state index in [1.165, 1.54) is 44.1 Å². The van der Waals surface area contributed by atoms with E-state index >= 15 is 0 Å². The lowest BCUT2D eigenvalue weighted by Gasteiger charge is -2.57. The van der Waals surface area contributed by atoms with E-state index in [1.54, 1.807) is 0 Å². The van der Waals surface area contributed by atoms with Crippen LogP contribution in [0.3, 0.4) is 0 Å². The van der Waals surface area contributed by atoms with Crippen molar-refractivity contribution in [3.8, 4) is 5.75 Å². The van der Waals surface area contributed by atoms with Gasteiger partial charge in [0.05, 0.1) is 0 Å². The van der Waals surface area contributed by atoms with Gasteiger partial charge >= 0.3 is 0 Å². The van der Waals surface area contributed by atoms with Crippen LogP contribution in [0.25, 0.3) is 0 Å². The molecule has 4 saturated carbocycles. The first-order valence-electron chi connectivity index (χ1n) is 7.86. The first kappa shape index (κ1) is 11.8. The summed E-state index contributed by atoms with van der Waals surface area (Å²) in [6.07, 6.45) is 8.70. The molecule has 102 valence electrons. The molecule has 1 aromatic rings. The van der Waals surface area contributed by atoms with Gasteiger partial charge in [-0.2, -0.15) is 0 Å². The van der Waals surface area contributed by atoms with Gasteiger partial charge in [-0.25, -0.2) is 0 Å². The highest BCUT2D eigenvalue weighted by molar-refractivity contribution is 5.45. The van der Waals surface area contributed by atoms with E-state index in [4.69, 9.17) is 0 Å². The third kappa shape index (κ3) is 1.67. The molecule has 0 atom stereocenters. The van der Waals surface area contributed by atoms with Gasteiger partial charge in [0, 0.05) is 0 Å². The van der Waals surface area contributed by atoms with Crippen molar-refractivity contribution in [2.75, 3.05) is 0 Å². The van der Waals surface area contributed by atoms with Crippen LogP contribution in [-0.2, 0) is 5.41 Å². The number of hydrogen-bond acceptors (Lipinski definition) is 1. The molecule has 19 heavy (non-hydrogen) atoms. The lowest BCUT2D eigenvalue weighted by atomic mass is 9.48. The minimum Gasteiger partial charge on any atom is -0.507 e. The first-order valence-corrected chi connectivity index (χ1v) is 7.86. The largest absolute Gasteiger partial charge is 0.507 e. The molecule has 5 rings (SSSR count). The average molecular weight is 256 g/mol. The predicted molar refractivity (Wildman–Crippen MR) is 77.4 cm³/mol. The van der Waals surface area contributed by atoms with E-state index in [0.29, 0.717) is 11.2 Å². The summed E-state index contributed by atoms with van der Waals surface area (Å²) in [5.74, 6) is 3.45. The van der Waals surface area contributed by atoms with Crippen molar-refractivity contribution in [3.05, 3.63) is 28.8 Å². The fraction of sp³-hybridized carbons (Fsp3) is 0.667. The molecule has 0 aromatic heterocycles. The van der Waals surface area contributed by atoms with Gasteiger partial charge in [-0.3, -0.25) is 0 Å². The summed E-state index contributed by atoms with van der Waals surface area (Å²) in [6.45, 7) is 4.10. The van der Waals surface area contributed by atoms with Crippen molar-refractivity contribution in [3.63, 3.8) is 0 Å². The highest BCUT2D eigenvalue weighted by atomic mass is 16.3. The highest BCUT2D eigenvalue weighted by Crippen LogP contribution is 2.61. The maximum atomic E-state index is 10.0. The summed E-state index contributed by atoms with van der Waals surface area (Å²) >= 11 is 0. The van der Waals surface area contributed by atoms with E-state index in [-0.39, 0.29) is 0 Å². The second kappa shape index (κ2) is 3.77. The van der Waals surface area contributed by atoms with Crippen LogP contribution in [0.4, 0.5) is 0 Å². The van der Waals surface area contributed by atoms with Gasteiger partial charge < -0.3 is 5.11 Å². The van der Waals surface area contributed by atoms with E-state index < -0.39 is 0 Å². The zero-order valence-electron chi connectivity index (χ0n) is 12.1. The molecule has 0 unspecified atom stereocenters. The molecule has 1 nitrogen and oxygen atoms in total. The molecule has 4 aliphatic carbocycles. The molecule has 4 fully saturated rings. The topological polar surface area (TPSA) is 20.2 Å². The van der Waals surface area contributed by atoms with Gasteiger partial charge in [0.25, 0.3) is 0 Å². The van der Waals surface area contributed by atoms with Gasteiger partial charge in [-0.15, -0.1) is 0 Å². The number of hydrogen-bond donors (Lipinski definition) is 1. The second-order valence-electron chi connectivity index (χ2n) is 7.66. The summed E-state index contributed by atoms with van der Waals surface area (Å²) < 4.78 is 0. The van der Waals surface area contributed by atoms with Gasteiger partial charge in [-0.1, -0.05) is 12.1 Å². The Morgan fingerprint density at radius 2 is 1.32 bits per heavy atom. The van der Waals surface area contributed by atoms with Crippen LogP contribution in [0.2, 0.25) is 0 Å². The summed E-state index contributed by atoms with van der Waals surface area (Å²) in [4.78, 5) is 0. The Morgan fingerprint density at radius 1 is 0.895 bits per heavy atom. The van der Waals surface area contributed by atoms with Crippen LogP contribution in [0.1, 0.15) is 55.2 Å².